The van der Waals surface area contributed by atoms with E-state index in [1.807, 2.05) is 36.4 Å². The Bertz CT molecular complexity index is 515. The van der Waals surface area contributed by atoms with E-state index in [2.05, 4.69) is 43.1 Å². The number of rotatable bonds is 4. The smallest absolute Gasteiger partial charge is 0.128 e. The summed E-state index contributed by atoms with van der Waals surface area (Å²) in [6.07, 6.45) is 1.15. The molecule has 0 spiro atoms. The van der Waals surface area contributed by atoms with E-state index >= 15 is 0 Å². The van der Waals surface area contributed by atoms with E-state index in [9.17, 15) is 0 Å². The maximum absolute atomic E-state index is 4.67. The summed E-state index contributed by atoms with van der Waals surface area (Å²) in [6, 6.07) is 10.6. The molecular weight excluding hydrogens is 240 g/mol. The second kappa shape index (κ2) is 5.53. The SMILES string of the molecule is CC(C)Cc1ccc(-c2cccc(N(C)C)n2)s1. The molecule has 2 aromatic rings. The Balaban J connectivity index is 2.25. The zero-order valence-corrected chi connectivity index (χ0v) is 12.3. The number of hydrogen-bond donors (Lipinski definition) is 0. The van der Waals surface area contributed by atoms with Crippen LogP contribution in [-0.4, -0.2) is 19.1 Å². The summed E-state index contributed by atoms with van der Waals surface area (Å²) in [5.41, 5.74) is 1.07. The maximum atomic E-state index is 4.67. The van der Waals surface area contributed by atoms with Gasteiger partial charge in [-0.3, -0.25) is 0 Å². The van der Waals surface area contributed by atoms with Crippen LogP contribution in [0.1, 0.15) is 18.7 Å². The Morgan fingerprint density at radius 2 is 1.94 bits per heavy atom. The molecule has 0 saturated heterocycles. The maximum Gasteiger partial charge on any atom is 0.128 e. The summed E-state index contributed by atoms with van der Waals surface area (Å²) in [5, 5.41) is 0. The summed E-state index contributed by atoms with van der Waals surface area (Å²) in [4.78, 5) is 9.41. The van der Waals surface area contributed by atoms with Gasteiger partial charge in [0.05, 0.1) is 10.6 Å². The van der Waals surface area contributed by atoms with Crippen molar-refractivity contribution in [3.05, 3.63) is 35.2 Å². The van der Waals surface area contributed by atoms with Crippen molar-refractivity contribution in [2.24, 2.45) is 5.92 Å². The molecule has 3 heteroatoms. The normalized spacial score (nSPS) is 10.9. The number of aromatic nitrogens is 1. The third-order valence-electron chi connectivity index (χ3n) is 2.72. The molecule has 0 atom stereocenters. The Hall–Kier alpha value is -1.35. The fourth-order valence-corrected chi connectivity index (χ4v) is 3.03. The highest BCUT2D eigenvalue weighted by Crippen LogP contribution is 2.29. The standard InChI is InChI=1S/C15H20N2S/c1-11(2)10-12-8-9-14(18-12)13-6-5-7-15(16-13)17(3)4/h5-9,11H,10H2,1-4H3. The Kier molecular flexibility index (Phi) is 4.02. The van der Waals surface area contributed by atoms with Crippen LogP contribution in [0.15, 0.2) is 30.3 Å². The summed E-state index contributed by atoms with van der Waals surface area (Å²) in [6.45, 7) is 4.51. The number of nitrogens with zero attached hydrogens (tertiary/aromatic N) is 2. The van der Waals surface area contributed by atoms with E-state index in [1.165, 1.54) is 9.75 Å². The minimum atomic E-state index is 0.706. The fourth-order valence-electron chi connectivity index (χ4n) is 1.84. The molecule has 2 aromatic heterocycles. The highest BCUT2D eigenvalue weighted by Gasteiger charge is 2.07. The van der Waals surface area contributed by atoms with Gasteiger partial charge in [-0.25, -0.2) is 4.98 Å². The summed E-state index contributed by atoms with van der Waals surface area (Å²) in [7, 11) is 4.04. The molecule has 2 heterocycles. The van der Waals surface area contributed by atoms with Crippen molar-refractivity contribution in [2.45, 2.75) is 20.3 Å². The second-order valence-corrected chi connectivity index (χ2v) is 6.31. The van der Waals surface area contributed by atoms with Gasteiger partial charge in [-0.15, -0.1) is 11.3 Å². The molecule has 2 rings (SSSR count). The van der Waals surface area contributed by atoms with Crippen molar-refractivity contribution in [3.8, 4) is 10.6 Å². The molecule has 0 aliphatic heterocycles. The molecule has 0 amide bonds. The van der Waals surface area contributed by atoms with Crippen molar-refractivity contribution >= 4 is 17.2 Å². The lowest BCUT2D eigenvalue weighted by atomic mass is 10.1. The summed E-state index contributed by atoms with van der Waals surface area (Å²) < 4.78 is 0. The van der Waals surface area contributed by atoms with Gasteiger partial charge in [-0.05, 0) is 36.6 Å². The van der Waals surface area contributed by atoms with E-state index in [0.29, 0.717) is 5.92 Å². The molecule has 0 bridgehead atoms. The third kappa shape index (κ3) is 3.10. The van der Waals surface area contributed by atoms with Gasteiger partial charge in [0.2, 0.25) is 0 Å². The molecule has 18 heavy (non-hydrogen) atoms. The first-order valence-corrected chi connectivity index (χ1v) is 7.11. The van der Waals surface area contributed by atoms with Gasteiger partial charge in [0.1, 0.15) is 5.82 Å². The fraction of sp³-hybridized carbons (Fsp3) is 0.400. The van der Waals surface area contributed by atoms with Crippen LogP contribution in [0.2, 0.25) is 0 Å². The van der Waals surface area contributed by atoms with E-state index in [-0.39, 0.29) is 0 Å². The number of hydrogen-bond acceptors (Lipinski definition) is 3. The van der Waals surface area contributed by atoms with E-state index in [0.717, 1.165) is 17.9 Å². The van der Waals surface area contributed by atoms with Crippen molar-refractivity contribution < 1.29 is 0 Å². The van der Waals surface area contributed by atoms with E-state index in [1.54, 1.807) is 0 Å². The minimum Gasteiger partial charge on any atom is -0.363 e. The topological polar surface area (TPSA) is 16.1 Å². The lowest BCUT2D eigenvalue weighted by Gasteiger charge is -2.11. The second-order valence-electron chi connectivity index (χ2n) is 5.14. The van der Waals surface area contributed by atoms with Crippen LogP contribution in [0.4, 0.5) is 5.82 Å². The average Bonchev–Trinajstić information content (AvgIpc) is 2.77. The van der Waals surface area contributed by atoms with Gasteiger partial charge in [0, 0.05) is 19.0 Å². The molecule has 2 nitrogen and oxygen atoms in total. The third-order valence-corrected chi connectivity index (χ3v) is 3.85. The van der Waals surface area contributed by atoms with Crippen LogP contribution in [-0.2, 0) is 6.42 Å². The molecular formula is C15H20N2S. The number of pyridine rings is 1. The Morgan fingerprint density at radius 3 is 2.61 bits per heavy atom. The van der Waals surface area contributed by atoms with Gasteiger partial charge in [0.15, 0.2) is 0 Å². The zero-order valence-electron chi connectivity index (χ0n) is 11.5. The highest BCUT2D eigenvalue weighted by molar-refractivity contribution is 7.15. The lowest BCUT2D eigenvalue weighted by molar-refractivity contribution is 0.654. The van der Waals surface area contributed by atoms with Crippen LogP contribution in [0.25, 0.3) is 10.6 Å². The minimum absolute atomic E-state index is 0.706. The predicted octanol–water partition coefficient (Wildman–Crippen LogP) is 4.07. The van der Waals surface area contributed by atoms with E-state index in [4.69, 9.17) is 0 Å². The van der Waals surface area contributed by atoms with Crippen molar-refractivity contribution in [2.75, 3.05) is 19.0 Å². The number of thiophene rings is 1. The van der Waals surface area contributed by atoms with Crippen LogP contribution >= 0.6 is 11.3 Å². The molecule has 0 aromatic carbocycles. The molecule has 0 saturated carbocycles. The van der Waals surface area contributed by atoms with Crippen molar-refractivity contribution in [1.82, 2.24) is 4.98 Å². The first-order chi connectivity index (χ1) is 8.56. The largest absolute Gasteiger partial charge is 0.363 e. The average molecular weight is 260 g/mol. The molecule has 0 radical (unpaired) electrons. The van der Waals surface area contributed by atoms with Crippen LogP contribution < -0.4 is 4.90 Å². The van der Waals surface area contributed by atoms with Gasteiger partial charge in [-0.1, -0.05) is 19.9 Å². The van der Waals surface area contributed by atoms with Crippen LogP contribution in [0.3, 0.4) is 0 Å². The van der Waals surface area contributed by atoms with Gasteiger partial charge >= 0.3 is 0 Å². The Labute approximate surface area is 113 Å². The van der Waals surface area contributed by atoms with Crippen molar-refractivity contribution in [1.29, 1.82) is 0 Å². The molecule has 96 valence electrons. The lowest BCUT2D eigenvalue weighted by Crippen LogP contribution is -2.10. The zero-order chi connectivity index (χ0) is 13.1. The number of anilines is 1. The van der Waals surface area contributed by atoms with Gasteiger partial charge in [-0.2, -0.15) is 0 Å². The first kappa shape index (κ1) is 13.1. The monoisotopic (exact) mass is 260 g/mol. The molecule has 0 aliphatic rings. The van der Waals surface area contributed by atoms with Crippen LogP contribution in [0, 0.1) is 5.92 Å². The van der Waals surface area contributed by atoms with Gasteiger partial charge in [0.25, 0.3) is 0 Å². The van der Waals surface area contributed by atoms with E-state index < -0.39 is 0 Å². The van der Waals surface area contributed by atoms with Gasteiger partial charge < -0.3 is 4.90 Å². The van der Waals surface area contributed by atoms with Crippen molar-refractivity contribution in [3.63, 3.8) is 0 Å². The molecule has 0 aliphatic carbocycles. The van der Waals surface area contributed by atoms with Crippen LogP contribution in [0.5, 0.6) is 0 Å². The predicted molar refractivity (Wildman–Crippen MR) is 80.4 cm³/mol. The Morgan fingerprint density at radius 1 is 1.17 bits per heavy atom. The highest BCUT2D eigenvalue weighted by atomic mass is 32.1. The quantitative estimate of drug-likeness (QED) is 0.823. The summed E-state index contributed by atoms with van der Waals surface area (Å²) >= 11 is 1.85. The molecule has 0 fully saturated rings. The molecule has 0 unspecified atom stereocenters. The first-order valence-electron chi connectivity index (χ1n) is 6.29. The summed E-state index contributed by atoms with van der Waals surface area (Å²) in [5.74, 6) is 1.71. The molecule has 0 N–H and O–H groups in total.